The quantitative estimate of drug-likeness (QED) is 0.365. The van der Waals surface area contributed by atoms with E-state index in [1.165, 1.54) is 5.69 Å². The molecule has 0 amide bonds. The Bertz CT molecular complexity index is 752. The molecule has 0 aliphatic heterocycles. The molecular formula is C16H21N3O4S. The number of hydrogen-bond donors (Lipinski definition) is 0. The number of benzene rings is 2. The van der Waals surface area contributed by atoms with Gasteiger partial charge in [0.05, 0.1) is 39.6 Å². The summed E-state index contributed by atoms with van der Waals surface area (Å²) >= 11 is 0. The minimum Gasteiger partial charge on any atom is -0.726 e. The van der Waals surface area contributed by atoms with Gasteiger partial charge in [0.2, 0.25) is 10.4 Å². The second-order valence-corrected chi connectivity index (χ2v) is 6.79. The molecule has 0 heterocycles. The van der Waals surface area contributed by atoms with Gasteiger partial charge in [-0.05, 0) is 24.3 Å². The Balaban J connectivity index is 0.000000413. The van der Waals surface area contributed by atoms with E-state index in [2.05, 4.69) is 47.7 Å². The first-order valence-corrected chi connectivity index (χ1v) is 8.35. The van der Waals surface area contributed by atoms with Crippen LogP contribution in [0.15, 0.2) is 64.8 Å². The highest BCUT2D eigenvalue weighted by Crippen LogP contribution is 2.23. The Labute approximate surface area is 142 Å². The fourth-order valence-electron chi connectivity index (χ4n) is 1.58. The largest absolute Gasteiger partial charge is 0.726 e. The lowest BCUT2D eigenvalue weighted by Crippen LogP contribution is -2.34. The zero-order chi connectivity index (χ0) is 18.2. The second kappa shape index (κ2) is 8.65. The van der Waals surface area contributed by atoms with Gasteiger partial charge in [-0.2, -0.15) is 10.2 Å². The molecule has 0 aliphatic rings. The van der Waals surface area contributed by atoms with E-state index in [1.54, 1.807) is 0 Å². The van der Waals surface area contributed by atoms with Gasteiger partial charge in [-0.25, -0.2) is 8.42 Å². The van der Waals surface area contributed by atoms with Crippen molar-refractivity contribution in [1.29, 1.82) is 0 Å². The normalized spacial score (nSPS) is 11.9. The summed E-state index contributed by atoms with van der Waals surface area (Å²) in [6.45, 7) is 0. The highest BCUT2D eigenvalue weighted by atomic mass is 32.3. The first-order valence-electron chi connectivity index (χ1n) is 7.02. The van der Waals surface area contributed by atoms with Crippen molar-refractivity contribution in [2.75, 3.05) is 28.3 Å². The van der Waals surface area contributed by atoms with E-state index < -0.39 is 10.4 Å². The van der Waals surface area contributed by atoms with E-state index in [-0.39, 0.29) is 0 Å². The fraction of sp³-hybridized carbons (Fsp3) is 0.250. The van der Waals surface area contributed by atoms with Gasteiger partial charge in [0, 0.05) is 12.1 Å². The number of nitrogens with zero attached hydrogens (tertiary/aromatic N) is 3. The maximum atomic E-state index is 9.22. The Kier molecular flexibility index (Phi) is 7.18. The Hall–Kier alpha value is -2.13. The van der Waals surface area contributed by atoms with E-state index in [0.717, 1.165) is 23.0 Å². The average Bonchev–Trinajstić information content (AvgIpc) is 2.53. The number of azo groups is 1. The zero-order valence-corrected chi connectivity index (χ0v) is 14.9. The molecular weight excluding hydrogens is 330 g/mol. The van der Waals surface area contributed by atoms with Crippen molar-refractivity contribution in [2.24, 2.45) is 10.2 Å². The molecule has 130 valence electrons. The highest BCUT2D eigenvalue weighted by molar-refractivity contribution is 7.80. The van der Waals surface area contributed by atoms with Gasteiger partial charge >= 0.3 is 0 Å². The molecule has 0 N–H and O–H groups in total. The van der Waals surface area contributed by atoms with Crippen LogP contribution in [0.25, 0.3) is 0 Å². The van der Waals surface area contributed by atoms with Crippen LogP contribution in [0.2, 0.25) is 0 Å². The first-order chi connectivity index (χ1) is 11.1. The molecule has 0 aliphatic carbocycles. The van der Waals surface area contributed by atoms with E-state index in [9.17, 15) is 13.0 Å². The van der Waals surface area contributed by atoms with Gasteiger partial charge in [0.25, 0.3) is 0 Å². The van der Waals surface area contributed by atoms with E-state index in [0.29, 0.717) is 0 Å². The number of quaternary nitrogens is 1. The summed E-state index contributed by atoms with van der Waals surface area (Å²) in [5, 5.41) is 8.41. The van der Waals surface area contributed by atoms with Crippen LogP contribution in [0.3, 0.4) is 0 Å². The smallest absolute Gasteiger partial charge is 0.217 e. The summed E-state index contributed by atoms with van der Waals surface area (Å²) in [5.41, 5.74) is 2.98. The average molecular weight is 351 g/mol. The molecule has 0 saturated heterocycles. The molecule has 0 aromatic heterocycles. The molecule has 0 unspecified atom stereocenters. The maximum Gasteiger partial charge on any atom is 0.217 e. The van der Waals surface area contributed by atoms with Gasteiger partial charge in [-0.1, -0.05) is 18.2 Å². The van der Waals surface area contributed by atoms with E-state index in [1.807, 2.05) is 42.5 Å². The molecule has 24 heavy (non-hydrogen) atoms. The van der Waals surface area contributed by atoms with Crippen molar-refractivity contribution in [3.63, 3.8) is 0 Å². The summed E-state index contributed by atoms with van der Waals surface area (Å²) in [4.78, 5) is 0. The van der Waals surface area contributed by atoms with Crippen LogP contribution >= 0.6 is 0 Å². The minimum atomic E-state index is -4.41. The van der Waals surface area contributed by atoms with Crippen LogP contribution in [0.5, 0.6) is 0 Å². The summed E-state index contributed by atoms with van der Waals surface area (Å²) < 4.78 is 31.8. The van der Waals surface area contributed by atoms with Gasteiger partial charge in [-0.3, -0.25) is 8.67 Å². The van der Waals surface area contributed by atoms with Gasteiger partial charge in [-0.15, -0.1) is 0 Å². The molecule has 8 heteroatoms. The number of hydrogen-bond acceptors (Lipinski definition) is 6. The van der Waals surface area contributed by atoms with Crippen molar-refractivity contribution >= 4 is 27.5 Å². The Morgan fingerprint density at radius 3 is 1.67 bits per heavy atom. The number of rotatable bonds is 4. The van der Waals surface area contributed by atoms with Crippen molar-refractivity contribution in [3.8, 4) is 0 Å². The molecule has 2 aromatic carbocycles. The van der Waals surface area contributed by atoms with Crippen molar-refractivity contribution in [1.82, 2.24) is 4.48 Å². The van der Waals surface area contributed by atoms with Crippen LogP contribution in [0, 0.1) is 0 Å². The van der Waals surface area contributed by atoms with Crippen LogP contribution in [0.4, 0.5) is 17.1 Å². The Morgan fingerprint density at radius 1 is 0.875 bits per heavy atom. The predicted octanol–water partition coefficient (Wildman–Crippen LogP) is 3.39. The third-order valence-electron chi connectivity index (χ3n) is 2.87. The van der Waals surface area contributed by atoms with Gasteiger partial charge in [0.15, 0.2) is 0 Å². The third-order valence-corrected chi connectivity index (χ3v) is 3.27. The molecule has 2 rings (SSSR count). The Morgan fingerprint density at radius 2 is 1.29 bits per heavy atom. The summed E-state index contributed by atoms with van der Waals surface area (Å²) in [6, 6.07) is 17.9. The molecule has 2 aromatic rings. The second-order valence-electron chi connectivity index (χ2n) is 5.64. The van der Waals surface area contributed by atoms with Gasteiger partial charge in [0.1, 0.15) is 5.69 Å². The van der Waals surface area contributed by atoms with Gasteiger partial charge < -0.3 is 4.55 Å². The van der Waals surface area contributed by atoms with Crippen LogP contribution < -0.4 is 4.48 Å². The lowest BCUT2D eigenvalue weighted by molar-refractivity contribution is 0.314. The van der Waals surface area contributed by atoms with Crippen molar-refractivity contribution in [2.45, 2.75) is 0 Å². The van der Waals surface area contributed by atoms with Crippen molar-refractivity contribution < 1.29 is 17.2 Å². The molecule has 0 atom stereocenters. The topological polar surface area (TPSA) is 91.2 Å². The van der Waals surface area contributed by atoms with E-state index >= 15 is 0 Å². The first kappa shape index (κ1) is 19.9. The molecule has 0 bridgehead atoms. The standard InChI is InChI=1S/C15H18N3.CH4O4S/c1-18(2,3)15-11-9-14(10-12-15)17-16-13-7-5-4-6-8-13;1-5-6(2,3)4/h4-12H,1-3H3;1H3,(H,2,3,4)/q+1;/p-1. The lowest BCUT2D eigenvalue weighted by atomic mass is 10.2. The summed E-state index contributed by atoms with van der Waals surface area (Å²) in [6.07, 6.45) is 0. The molecule has 0 spiro atoms. The SMILES string of the molecule is COS(=O)(=O)[O-].C[N+](C)(C)c1ccc(N=Nc2ccccc2)cc1. The fourth-order valence-corrected chi connectivity index (χ4v) is 1.58. The van der Waals surface area contributed by atoms with E-state index in [4.69, 9.17) is 0 Å². The molecule has 0 radical (unpaired) electrons. The van der Waals surface area contributed by atoms with Crippen LogP contribution in [0.1, 0.15) is 0 Å². The minimum absolute atomic E-state index is 0.802. The third kappa shape index (κ3) is 7.93. The zero-order valence-electron chi connectivity index (χ0n) is 14.1. The summed E-state index contributed by atoms with van der Waals surface area (Å²) in [7, 11) is 2.81. The lowest BCUT2D eigenvalue weighted by Gasteiger charge is -2.23. The molecule has 0 fully saturated rings. The molecule has 0 saturated carbocycles. The maximum absolute atomic E-state index is 9.22. The highest BCUT2D eigenvalue weighted by Gasteiger charge is 2.10. The monoisotopic (exact) mass is 351 g/mol. The summed E-state index contributed by atoms with van der Waals surface area (Å²) in [5.74, 6) is 0. The van der Waals surface area contributed by atoms with Crippen molar-refractivity contribution in [3.05, 3.63) is 54.6 Å². The van der Waals surface area contributed by atoms with Crippen LogP contribution in [-0.4, -0.2) is 41.2 Å². The molecule has 7 nitrogen and oxygen atoms in total. The predicted molar refractivity (Wildman–Crippen MR) is 93.3 cm³/mol. The van der Waals surface area contributed by atoms with Crippen LogP contribution in [-0.2, 0) is 14.6 Å².